The lowest BCUT2D eigenvalue weighted by Crippen LogP contribution is -2.45. The van der Waals surface area contributed by atoms with E-state index in [0.717, 1.165) is 22.9 Å². The van der Waals surface area contributed by atoms with Crippen molar-refractivity contribution in [1.82, 2.24) is 19.9 Å². The highest BCUT2D eigenvalue weighted by Crippen LogP contribution is 2.36. The van der Waals surface area contributed by atoms with Gasteiger partial charge in [-0.05, 0) is 43.7 Å². The number of aromatic nitrogens is 3. The zero-order valence-electron chi connectivity index (χ0n) is 12.0. The van der Waals surface area contributed by atoms with E-state index in [4.69, 9.17) is 4.98 Å². The molecule has 1 saturated carbocycles. The molecular weight excluding hydrogens is 248 g/mol. The summed E-state index contributed by atoms with van der Waals surface area (Å²) in [6, 6.07) is 5.19. The minimum atomic E-state index is 0.397. The van der Waals surface area contributed by atoms with Crippen molar-refractivity contribution in [3.8, 4) is 0 Å². The predicted octanol–water partition coefficient (Wildman–Crippen LogP) is 2.95. The van der Waals surface area contributed by atoms with Gasteiger partial charge in [0.1, 0.15) is 5.82 Å². The zero-order valence-corrected chi connectivity index (χ0v) is 12.0. The molecule has 106 valence electrons. The highest BCUT2D eigenvalue weighted by Gasteiger charge is 2.33. The lowest BCUT2D eigenvalue weighted by atomic mass is 9.77. The summed E-state index contributed by atoms with van der Waals surface area (Å²) in [5.41, 5.74) is 2.01. The van der Waals surface area contributed by atoms with Crippen molar-refractivity contribution >= 4 is 11.2 Å². The van der Waals surface area contributed by atoms with Crippen molar-refractivity contribution in [2.24, 2.45) is 13.0 Å². The summed E-state index contributed by atoms with van der Waals surface area (Å²) in [6.07, 6.45) is 9.93. The first-order valence-corrected chi connectivity index (χ1v) is 7.86. The summed E-state index contributed by atoms with van der Waals surface area (Å²) < 4.78 is 2.21. The van der Waals surface area contributed by atoms with Crippen LogP contribution in [0.15, 0.2) is 18.3 Å². The van der Waals surface area contributed by atoms with E-state index in [9.17, 15) is 0 Å². The predicted molar refractivity (Wildman–Crippen MR) is 79.4 cm³/mol. The summed E-state index contributed by atoms with van der Waals surface area (Å²) >= 11 is 0. The molecule has 4 heteroatoms. The maximum atomic E-state index is 4.76. The highest BCUT2D eigenvalue weighted by molar-refractivity contribution is 5.71. The number of aryl methyl sites for hydroxylation is 1. The molecule has 1 aliphatic carbocycles. The van der Waals surface area contributed by atoms with Crippen LogP contribution in [0.1, 0.15) is 50.4 Å². The largest absolute Gasteiger partial charge is 0.328 e. The highest BCUT2D eigenvalue weighted by atomic mass is 15.1. The molecule has 2 fully saturated rings. The van der Waals surface area contributed by atoms with Crippen LogP contribution in [-0.2, 0) is 7.05 Å². The maximum absolute atomic E-state index is 4.76. The van der Waals surface area contributed by atoms with Gasteiger partial charge in [0.15, 0.2) is 5.65 Å². The van der Waals surface area contributed by atoms with Gasteiger partial charge in [0.2, 0.25) is 0 Å². The van der Waals surface area contributed by atoms with Gasteiger partial charge in [0.25, 0.3) is 0 Å². The molecule has 1 aliphatic heterocycles. The standard InChI is InChI=1S/C16H22N4/c1-20-14-7-4-10-17-15(14)19-16(20)13-9-8-11-5-2-3-6-12(11)18-13/h4,7,10-13,18H,2-3,5-6,8-9H2,1H3. The first-order valence-electron chi connectivity index (χ1n) is 7.86. The zero-order chi connectivity index (χ0) is 13.5. The first-order chi connectivity index (χ1) is 9.83. The van der Waals surface area contributed by atoms with Crippen LogP contribution in [0.2, 0.25) is 0 Å². The molecule has 3 atom stereocenters. The topological polar surface area (TPSA) is 42.7 Å². The number of nitrogens with one attached hydrogen (secondary N) is 1. The normalized spacial score (nSPS) is 30.4. The molecule has 4 nitrogen and oxygen atoms in total. The average Bonchev–Trinajstić information content (AvgIpc) is 2.84. The fourth-order valence-corrected chi connectivity index (χ4v) is 4.05. The molecule has 4 rings (SSSR count). The summed E-state index contributed by atoms with van der Waals surface area (Å²) in [5.74, 6) is 2.05. The number of pyridine rings is 1. The average molecular weight is 270 g/mol. The molecule has 0 aromatic carbocycles. The van der Waals surface area contributed by atoms with Gasteiger partial charge in [-0.25, -0.2) is 9.97 Å². The van der Waals surface area contributed by atoms with Gasteiger partial charge < -0.3 is 9.88 Å². The fraction of sp³-hybridized carbons (Fsp3) is 0.625. The number of rotatable bonds is 1. The van der Waals surface area contributed by atoms with Crippen LogP contribution in [0.3, 0.4) is 0 Å². The second-order valence-corrected chi connectivity index (χ2v) is 6.32. The van der Waals surface area contributed by atoms with Crippen LogP contribution in [-0.4, -0.2) is 20.6 Å². The molecule has 0 bridgehead atoms. The Kier molecular flexibility index (Phi) is 2.99. The third-order valence-electron chi connectivity index (χ3n) is 5.15. The minimum absolute atomic E-state index is 0.397. The van der Waals surface area contributed by atoms with Crippen LogP contribution in [0.4, 0.5) is 0 Å². The van der Waals surface area contributed by atoms with Crippen molar-refractivity contribution in [2.75, 3.05) is 0 Å². The molecule has 2 aliphatic rings. The molecular formula is C16H22N4. The van der Waals surface area contributed by atoms with Gasteiger partial charge in [-0.1, -0.05) is 12.8 Å². The van der Waals surface area contributed by atoms with Gasteiger partial charge in [-0.3, -0.25) is 0 Å². The molecule has 3 heterocycles. The van der Waals surface area contributed by atoms with Crippen molar-refractivity contribution in [2.45, 2.75) is 50.6 Å². The van der Waals surface area contributed by atoms with E-state index in [2.05, 4.69) is 28.0 Å². The lowest BCUT2D eigenvalue weighted by Gasteiger charge is -2.40. The van der Waals surface area contributed by atoms with E-state index in [1.165, 1.54) is 38.5 Å². The SMILES string of the molecule is Cn1c(C2CCC3CCCCC3N2)nc2ncccc21. The van der Waals surface area contributed by atoms with Crippen molar-refractivity contribution in [1.29, 1.82) is 0 Å². The van der Waals surface area contributed by atoms with Crippen LogP contribution in [0.5, 0.6) is 0 Å². The quantitative estimate of drug-likeness (QED) is 0.866. The first kappa shape index (κ1) is 12.3. The van der Waals surface area contributed by atoms with Gasteiger partial charge in [-0.15, -0.1) is 0 Å². The molecule has 1 N–H and O–H groups in total. The van der Waals surface area contributed by atoms with E-state index in [1.54, 1.807) is 0 Å². The van der Waals surface area contributed by atoms with Crippen LogP contribution in [0.25, 0.3) is 11.2 Å². The monoisotopic (exact) mass is 270 g/mol. The molecule has 0 radical (unpaired) electrons. The molecule has 2 aromatic rings. The van der Waals surface area contributed by atoms with Crippen molar-refractivity contribution in [3.05, 3.63) is 24.2 Å². The number of hydrogen-bond acceptors (Lipinski definition) is 3. The summed E-state index contributed by atoms with van der Waals surface area (Å²) in [5, 5.41) is 3.86. The van der Waals surface area contributed by atoms with Crippen LogP contribution in [0, 0.1) is 5.92 Å². The van der Waals surface area contributed by atoms with Gasteiger partial charge in [0.05, 0.1) is 11.6 Å². The number of fused-ring (bicyclic) bond motifs is 2. The smallest absolute Gasteiger partial charge is 0.177 e. The van der Waals surface area contributed by atoms with Gasteiger partial charge in [0, 0.05) is 19.3 Å². The Hall–Kier alpha value is -1.42. The number of nitrogens with zero attached hydrogens (tertiary/aromatic N) is 3. The summed E-state index contributed by atoms with van der Waals surface area (Å²) in [7, 11) is 2.11. The Morgan fingerprint density at radius 2 is 2.10 bits per heavy atom. The Morgan fingerprint density at radius 3 is 3.00 bits per heavy atom. The molecule has 20 heavy (non-hydrogen) atoms. The Morgan fingerprint density at radius 1 is 1.20 bits per heavy atom. The molecule has 0 spiro atoms. The second-order valence-electron chi connectivity index (χ2n) is 6.32. The molecule has 1 saturated heterocycles. The molecule has 3 unspecified atom stereocenters. The van der Waals surface area contributed by atoms with E-state index >= 15 is 0 Å². The summed E-state index contributed by atoms with van der Waals surface area (Å²) in [6.45, 7) is 0. The van der Waals surface area contributed by atoms with Gasteiger partial charge in [-0.2, -0.15) is 0 Å². The molecule has 0 amide bonds. The van der Waals surface area contributed by atoms with Gasteiger partial charge >= 0.3 is 0 Å². The van der Waals surface area contributed by atoms with Crippen molar-refractivity contribution < 1.29 is 0 Å². The van der Waals surface area contributed by atoms with E-state index in [0.29, 0.717) is 12.1 Å². The second kappa shape index (κ2) is 4.85. The van der Waals surface area contributed by atoms with E-state index in [-0.39, 0.29) is 0 Å². The molecule has 2 aromatic heterocycles. The van der Waals surface area contributed by atoms with Crippen LogP contribution >= 0.6 is 0 Å². The number of piperidine rings is 1. The van der Waals surface area contributed by atoms with Crippen molar-refractivity contribution in [3.63, 3.8) is 0 Å². The summed E-state index contributed by atoms with van der Waals surface area (Å²) in [4.78, 5) is 9.14. The van der Waals surface area contributed by atoms with E-state index in [1.807, 2.05) is 12.3 Å². The van der Waals surface area contributed by atoms with E-state index < -0.39 is 0 Å². The minimum Gasteiger partial charge on any atom is -0.328 e. The third-order valence-corrected chi connectivity index (χ3v) is 5.15. The maximum Gasteiger partial charge on any atom is 0.177 e. The number of hydrogen-bond donors (Lipinski definition) is 1. The lowest BCUT2D eigenvalue weighted by molar-refractivity contribution is 0.172. The fourth-order valence-electron chi connectivity index (χ4n) is 4.05. The Bertz CT molecular complexity index is 618. The number of imidazole rings is 1. The Labute approximate surface area is 119 Å². The Balaban J connectivity index is 1.64. The third kappa shape index (κ3) is 1.94. The van der Waals surface area contributed by atoms with Crippen LogP contribution < -0.4 is 5.32 Å².